The minimum atomic E-state index is -0.959. The van der Waals surface area contributed by atoms with Crippen LogP contribution in [0.3, 0.4) is 0 Å². The SMILES string of the molecule is CCCCCCCCCCCCCCC/C=C/CC/C=C/CC/C=C/C(O)C(CO)NC(=O)CC(O)CCCCCCCCCCCCCCCCCCCCCCCCCCC. The highest BCUT2D eigenvalue weighted by atomic mass is 16.3. The molecule has 0 radical (unpaired) electrons. The van der Waals surface area contributed by atoms with Gasteiger partial charge in [0.1, 0.15) is 0 Å². The highest BCUT2D eigenvalue weighted by Crippen LogP contribution is 2.17. The highest BCUT2D eigenvalue weighted by molar-refractivity contribution is 5.76. The molecule has 0 bridgehead atoms. The van der Waals surface area contributed by atoms with Crippen LogP contribution in [0.15, 0.2) is 36.5 Å². The minimum Gasteiger partial charge on any atom is -0.394 e. The molecule has 0 fully saturated rings. The normalized spacial score (nSPS) is 13.5. The molecule has 63 heavy (non-hydrogen) atoms. The first-order valence-electron chi connectivity index (χ1n) is 28.3. The standard InChI is InChI=1S/C58H111NO4/c1-3-5-7-9-11-13-15-17-19-21-23-25-27-28-30-31-33-35-37-39-41-43-45-47-49-51-55(61)53-58(63)59-56(54-60)57(62)52-50-48-46-44-42-40-38-36-34-32-29-26-24-22-20-18-16-14-12-10-8-6-4-2/h34,36,42,44,50,52,55-57,60-62H,3-33,35,37-41,43,45-49,51,53-54H2,1-2H3,(H,59,63)/b36-34+,44-42+,52-50+. The quantitative estimate of drug-likeness (QED) is 0.0362. The number of nitrogens with one attached hydrogen (secondary N) is 1. The fraction of sp³-hybridized carbons (Fsp3) is 0.879. The van der Waals surface area contributed by atoms with E-state index in [4.69, 9.17) is 0 Å². The summed E-state index contributed by atoms with van der Waals surface area (Å²) in [4.78, 5) is 12.5. The molecule has 1 amide bonds. The number of unbranched alkanes of at least 4 members (excludes halogenated alkanes) is 39. The van der Waals surface area contributed by atoms with Crippen molar-refractivity contribution in [3.63, 3.8) is 0 Å². The van der Waals surface area contributed by atoms with E-state index in [9.17, 15) is 20.1 Å². The average molecular weight is 887 g/mol. The summed E-state index contributed by atoms with van der Waals surface area (Å²) in [5.74, 6) is -0.324. The molecule has 0 aliphatic carbocycles. The zero-order valence-corrected chi connectivity index (χ0v) is 42.5. The molecule has 0 saturated heterocycles. The Morgan fingerprint density at radius 2 is 0.683 bits per heavy atom. The Hall–Kier alpha value is -1.43. The van der Waals surface area contributed by atoms with E-state index in [1.165, 1.54) is 238 Å². The summed E-state index contributed by atoms with van der Waals surface area (Å²) in [6.45, 7) is 4.23. The maximum Gasteiger partial charge on any atom is 0.222 e. The molecule has 0 aliphatic heterocycles. The number of allylic oxidation sites excluding steroid dienone is 5. The molecule has 3 unspecified atom stereocenters. The van der Waals surface area contributed by atoms with Gasteiger partial charge in [0, 0.05) is 0 Å². The largest absolute Gasteiger partial charge is 0.394 e. The third-order valence-corrected chi connectivity index (χ3v) is 13.2. The van der Waals surface area contributed by atoms with Crippen molar-refractivity contribution in [3.05, 3.63) is 36.5 Å². The zero-order valence-electron chi connectivity index (χ0n) is 42.5. The van der Waals surface area contributed by atoms with E-state index >= 15 is 0 Å². The lowest BCUT2D eigenvalue weighted by Crippen LogP contribution is -2.45. The molecule has 0 aromatic carbocycles. The molecule has 0 aromatic heterocycles. The van der Waals surface area contributed by atoms with Gasteiger partial charge in [0.25, 0.3) is 0 Å². The number of carbonyl (C=O) groups is 1. The summed E-state index contributed by atoms with van der Waals surface area (Å²) in [5.41, 5.74) is 0. The van der Waals surface area contributed by atoms with Crippen molar-refractivity contribution in [2.24, 2.45) is 0 Å². The molecule has 0 saturated carbocycles. The predicted octanol–water partition coefficient (Wildman–Crippen LogP) is 17.4. The average Bonchev–Trinajstić information content (AvgIpc) is 3.28. The first-order chi connectivity index (χ1) is 31.0. The van der Waals surface area contributed by atoms with Crippen molar-refractivity contribution in [1.82, 2.24) is 5.32 Å². The molecule has 5 heteroatoms. The van der Waals surface area contributed by atoms with Gasteiger partial charge in [-0.2, -0.15) is 0 Å². The van der Waals surface area contributed by atoms with Crippen LogP contribution in [0.25, 0.3) is 0 Å². The van der Waals surface area contributed by atoms with E-state index < -0.39 is 18.2 Å². The zero-order chi connectivity index (χ0) is 45.8. The van der Waals surface area contributed by atoms with Gasteiger partial charge in [-0.1, -0.05) is 288 Å². The van der Waals surface area contributed by atoms with E-state index in [1.54, 1.807) is 6.08 Å². The van der Waals surface area contributed by atoms with Crippen molar-refractivity contribution in [1.29, 1.82) is 0 Å². The number of aliphatic hydroxyl groups excluding tert-OH is 3. The summed E-state index contributed by atoms with van der Waals surface area (Å²) in [6, 6.07) is -0.767. The van der Waals surface area contributed by atoms with Crippen LogP contribution in [0, 0.1) is 0 Å². The van der Waals surface area contributed by atoms with Gasteiger partial charge in [-0.15, -0.1) is 0 Å². The number of hydrogen-bond acceptors (Lipinski definition) is 4. The molecule has 0 rings (SSSR count). The van der Waals surface area contributed by atoms with Crippen LogP contribution in [0.5, 0.6) is 0 Å². The Kier molecular flexibility index (Phi) is 52.0. The monoisotopic (exact) mass is 886 g/mol. The molecule has 3 atom stereocenters. The maximum atomic E-state index is 12.5. The molecular formula is C58H111NO4. The Labute approximate surface area is 394 Å². The number of rotatable bonds is 52. The van der Waals surface area contributed by atoms with Gasteiger partial charge in [0.15, 0.2) is 0 Å². The van der Waals surface area contributed by atoms with Gasteiger partial charge in [-0.3, -0.25) is 4.79 Å². The summed E-state index contributed by atoms with van der Waals surface area (Å²) >= 11 is 0. The number of carbonyl (C=O) groups excluding carboxylic acids is 1. The van der Waals surface area contributed by atoms with E-state index in [-0.39, 0.29) is 18.9 Å². The molecular weight excluding hydrogens is 775 g/mol. The minimum absolute atomic E-state index is 0.00571. The molecule has 0 aliphatic rings. The second-order valence-electron chi connectivity index (χ2n) is 19.5. The van der Waals surface area contributed by atoms with Crippen molar-refractivity contribution in [2.45, 2.75) is 321 Å². The second kappa shape index (κ2) is 53.2. The van der Waals surface area contributed by atoms with Crippen molar-refractivity contribution < 1.29 is 20.1 Å². The molecule has 0 spiro atoms. The fourth-order valence-electron chi connectivity index (χ4n) is 8.85. The Balaban J connectivity index is 3.61. The lowest BCUT2D eigenvalue weighted by atomic mass is 10.0. The molecule has 0 aromatic rings. The van der Waals surface area contributed by atoms with Crippen LogP contribution >= 0.6 is 0 Å². The van der Waals surface area contributed by atoms with Crippen LogP contribution in [-0.2, 0) is 4.79 Å². The Morgan fingerprint density at radius 1 is 0.397 bits per heavy atom. The van der Waals surface area contributed by atoms with E-state index in [2.05, 4.69) is 43.5 Å². The molecule has 0 heterocycles. The molecule has 5 nitrogen and oxygen atoms in total. The number of amides is 1. The second-order valence-corrected chi connectivity index (χ2v) is 19.5. The third kappa shape index (κ3) is 49.8. The van der Waals surface area contributed by atoms with Gasteiger partial charge >= 0.3 is 0 Å². The summed E-state index contributed by atoms with van der Waals surface area (Å²) in [6.07, 6.45) is 69.1. The van der Waals surface area contributed by atoms with E-state index in [1.807, 2.05) is 6.08 Å². The van der Waals surface area contributed by atoms with Crippen LogP contribution in [0.1, 0.15) is 303 Å². The maximum absolute atomic E-state index is 12.5. The van der Waals surface area contributed by atoms with Crippen LogP contribution in [-0.4, -0.2) is 46.1 Å². The highest BCUT2D eigenvalue weighted by Gasteiger charge is 2.20. The summed E-state index contributed by atoms with van der Waals surface area (Å²) in [5, 5.41) is 33.4. The summed E-state index contributed by atoms with van der Waals surface area (Å²) in [7, 11) is 0. The van der Waals surface area contributed by atoms with Crippen molar-refractivity contribution in [2.75, 3.05) is 6.61 Å². The van der Waals surface area contributed by atoms with Crippen LogP contribution in [0.4, 0.5) is 0 Å². The van der Waals surface area contributed by atoms with Gasteiger partial charge < -0.3 is 20.6 Å². The Morgan fingerprint density at radius 3 is 1.02 bits per heavy atom. The van der Waals surface area contributed by atoms with Gasteiger partial charge in [0.05, 0.1) is 31.3 Å². The number of aliphatic hydroxyl groups is 3. The predicted molar refractivity (Wildman–Crippen MR) is 278 cm³/mol. The van der Waals surface area contributed by atoms with Gasteiger partial charge in [-0.05, 0) is 44.9 Å². The Bertz CT molecular complexity index is 978. The fourth-order valence-corrected chi connectivity index (χ4v) is 8.85. The third-order valence-electron chi connectivity index (χ3n) is 13.2. The van der Waals surface area contributed by atoms with E-state index in [0.717, 1.165) is 38.5 Å². The van der Waals surface area contributed by atoms with Crippen LogP contribution < -0.4 is 5.32 Å². The summed E-state index contributed by atoms with van der Waals surface area (Å²) < 4.78 is 0. The first kappa shape index (κ1) is 61.6. The lowest BCUT2D eigenvalue weighted by Gasteiger charge is -2.21. The van der Waals surface area contributed by atoms with Crippen LogP contribution in [0.2, 0.25) is 0 Å². The number of hydrogen-bond donors (Lipinski definition) is 4. The van der Waals surface area contributed by atoms with Crippen molar-refractivity contribution in [3.8, 4) is 0 Å². The lowest BCUT2D eigenvalue weighted by molar-refractivity contribution is -0.124. The molecule has 4 N–H and O–H groups in total. The first-order valence-corrected chi connectivity index (χ1v) is 28.3. The topological polar surface area (TPSA) is 89.8 Å². The molecule has 372 valence electrons. The van der Waals surface area contributed by atoms with Gasteiger partial charge in [-0.25, -0.2) is 0 Å². The van der Waals surface area contributed by atoms with Gasteiger partial charge in [0.2, 0.25) is 5.91 Å². The van der Waals surface area contributed by atoms with E-state index in [0.29, 0.717) is 6.42 Å². The smallest absolute Gasteiger partial charge is 0.222 e. The van der Waals surface area contributed by atoms with Crippen molar-refractivity contribution >= 4 is 5.91 Å².